The van der Waals surface area contributed by atoms with Crippen molar-refractivity contribution in [1.29, 1.82) is 0 Å². The topological polar surface area (TPSA) is 111 Å². The summed E-state index contributed by atoms with van der Waals surface area (Å²) in [7, 11) is -10.4. The number of hydrogen-bond acceptors (Lipinski definition) is 7. The highest BCUT2D eigenvalue weighted by Crippen LogP contribution is 2.43. The Labute approximate surface area is 222 Å². The summed E-state index contributed by atoms with van der Waals surface area (Å²) in [5, 5.41) is 1.41. The fourth-order valence-electron chi connectivity index (χ4n) is 4.80. The minimum atomic E-state index is -5.24. The molecule has 0 N–H and O–H groups in total. The summed E-state index contributed by atoms with van der Waals surface area (Å²) in [6.45, 7) is 11.1. The van der Waals surface area contributed by atoms with Crippen molar-refractivity contribution >= 4 is 37.0 Å². The van der Waals surface area contributed by atoms with E-state index < -0.39 is 30.1 Å². The molecule has 1 heterocycles. The van der Waals surface area contributed by atoms with Gasteiger partial charge in [-0.2, -0.15) is 8.42 Å². The molecule has 11 heteroatoms. The van der Waals surface area contributed by atoms with Gasteiger partial charge in [0.1, 0.15) is 34.6 Å². The lowest BCUT2D eigenvalue weighted by atomic mass is 9.93. The van der Waals surface area contributed by atoms with Crippen LogP contribution in [0, 0.1) is 0 Å². The van der Waals surface area contributed by atoms with Crippen molar-refractivity contribution in [2.24, 2.45) is 0 Å². The molecule has 0 bridgehead atoms. The molecule has 0 unspecified atom stereocenters. The zero-order valence-corrected chi connectivity index (χ0v) is 23.2. The van der Waals surface area contributed by atoms with Gasteiger partial charge in [-0.3, -0.25) is 0 Å². The molecule has 1 aliphatic carbocycles. The molecule has 0 aromatic heterocycles. The fourth-order valence-corrected chi connectivity index (χ4v) is 6.07. The zero-order chi connectivity index (χ0) is 27.8. The third-order valence-electron chi connectivity index (χ3n) is 6.72. The molecule has 38 heavy (non-hydrogen) atoms. The van der Waals surface area contributed by atoms with Gasteiger partial charge in [-0.05, 0) is 58.0 Å². The first-order chi connectivity index (χ1) is 17.9. The van der Waals surface area contributed by atoms with Crippen molar-refractivity contribution < 1.29 is 29.7 Å². The Morgan fingerprint density at radius 2 is 1.53 bits per heavy atom. The molecule has 1 aliphatic heterocycles. The third kappa shape index (κ3) is 5.18. The van der Waals surface area contributed by atoms with Gasteiger partial charge >= 0.3 is 10.2 Å². The molecule has 202 valence electrons. The van der Waals surface area contributed by atoms with E-state index in [1.54, 1.807) is 12.1 Å². The standard InChI is InChI=1S/C27H29FN2O6S2/c1-5-29(6-2)18-9-12-21-24(15-18)36-25-16-19(30(7-3)8-4)10-13-22(25)27(21)23-14-11-20(37(28,31)32)17-26(23)38(33,34)35/h9-17H,5-8H2,1-4H3. The Bertz CT molecular complexity index is 1770. The van der Waals surface area contributed by atoms with Crippen LogP contribution in [0.25, 0.3) is 33.4 Å². The summed E-state index contributed by atoms with van der Waals surface area (Å²) in [5.74, 6) is 0.449. The molecule has 2 aromatic carbocycles. The molecule has 0 radical (unpaired) electrons. The van der Waals surface area contributed by atoms with Crippen molar-refractivity contribution in [3.05, 3.63) is 60.0 Å². The number of benzene rings is 3. The summed E-state index contributed by atoms with van der Waals surface area (Å²) < 4.78 is 82.2. The van der Waals surface area contributed by atoms with E-state index in [2.05, 4.69) is 9.48 Å². The smallest absolute Gasteiger partial charge is 0.332 e. The molecular weight excluding hydrogens is 531 g/mol. The summed E-state index contributed by atoms with van der Waals surface area (Å²) in [6.07, 6.45) is 0. The average Bonchev–Trinajstić information content (AvgIpc) is 2.87. The van der Waals surface area contributed by atoms with Crippen LogP contribution >= 0.6 is 0 Å². The quantitative estimate of drug-likeness (QED) is 0.136. The first-order valence-corrected chi connectivity index (χ1v) is 15.1. The van der Waals surface area contributed by atoms with Crippen LogP contribution in [-0.2, 0) is 20.3 Å². The Morgan fingerprint density at radius 1 is 0.868 bits per heavy atom. The van der Waals surface area contributed by atoms with Crippen molar-refractivity contribution in [3.63, 3.8) is 0 Å². The first kappa shape index (κ1) is 27.7. The molecule has 0 spiro atoms. The lowest BCUT2D eigenvalue weighted by Gasteiger charge is -2.23. The maximum atomic E-state index is 13.8. The van der Waals surface area contributed by atoms with E-state index in [1.807, 2.05) is 52.0 Å². The predicted molar refractivity (Wildman–Crippen MR) is 144 cm³/mol. The average molecular weight is 561 g/mol. The van der Waals surface area contributed by atoms with Crippen LogP contribution in [0.2, 0.25) is 0 Å². The van der Waals surface area contributed by atoms with Crippen molar-refractivity contribution in [3.8, 4) is 22.5 Å². The molecule has 0 saturated carbocycles. The minimum absolute atomic E-state index is 0.0376. The van der Waals surface area contributed by atoms with Crippen molar-refractivity contribution in [2.75, 3.05) is 31.1 Å². The number of fused-ring (bicyclic) bond motifs is 2. The largest absolute Gasteiger partial charge is 0.744 e. The lowest BCUT2D eigenvalue weighted by Crippen LogP contribution is -2.29. The molecule has 0 amide bonds. The molecular formula is C27H29FN2O6S2. The summed E-state index contributed by atoms with van der Waals surface area (Å²) in [5.41, 5.74) is 2.20. The molecule has 2 aliphatic rings. The van der Waals surface area contributed by atoms with Crippen LogP contribution in [0.5, 0.6) is 0 Å². The Balaban J connectivity index is 2.19. The third-order valence-corrected chi connectivity index (χ3v) is 8.41. The van der Waals surface area contributed by atoms with Gasteiger partial charge in [0.05, 0.1) is 15.9 Å². The normalized spacial score (nSPS) is 12.3. The fraction of sp³-hybridized carbons (Fsp3) is 0.296. The Morgan fingerprint density at radius 3 is 2.11 bits per heavy atom. The van der Waals surface area contributed by atoms with Crippen LogP contribution in [-0.4, -0.2) is 47.6 Å². The molecule has 8 nitrogen and oxygen atoms in total. The van der Waals surface area contributed by atoms with Crippen LogP contribution in [0.15, 0.2) is 68.8 Å². The summed E-state index contributed by atoms with van der Waals surface area (Å²) in [6, 6.07) is 13.7. The highest BCUT2D eigenvalue weighted by molar-refractivity contribution is 7.87. The maximum Gasteiger partial charge on any atom is 0.332 e. The molecule has 0 fully saturated rings. The molecule has 2 aromatic rings. The zero-order valence-electron chi connectivity index (χ0n) is 21.6. The van der Waals surface area contributed by atoms with Gasteiger partial charge in [-0.15, -0.1) is 3.89 Å². The van der Waals surface area contributed by atoms with Crippen LogP contribution in [0.3, 0.4) is 0 Å². The van der Waals surface area contributed by atoms with Crippen molar-refractivity contribution in [1.82, 2.24) is 4.58 Å². The van der Waals surface area contributed by atoms with Crippen molar-refractivity contribution in [2.45, 2.75) is 37.5 Å². The molecule has 4 rings (SSSR count). The second-order valence-corrected chi connectivity index (χ2v) is 11.4. The van der Waals surface area contributed by atoms with Crippen LogP contribution in [0.4, 0.5) is 9.57 Å². The maximum absolute atomic E-state index is 13.8. The molecule has 0 saturated heterocycles. The van der Waals surface area contributed by atoms with Gasteiger partial charge < -0.3 is 13.9 Å². The van der Waals surface area contributed by atoms with Crippen LogP contribution in [0.1, 0.15) is 27.7 Å². The SMILES string of the molecule is CCN(CC)c1ccc2c(-c3ccc(S(=O)(=O)F)cc3S(=O)(=O)[O-])c3ccc(=[N+](CC)CC)cc-3oc2c1. The predicted octanol–water partition coefficient (Wildman–Crippen LogP) is 4.43. The van der Waals surface area contributed by atoms with E-state index >= 15 is 0 Å². The van der Waals surface area contributed by atoms with E-state index in [-0.39, 0.29) is 5.56 Å². The van der Waals surface area contributed by atoms with E-state index in [0.29, 0.717) is 33.9 Å². The van der Waals surface area contributed by atoms with E-state index in [0.717, 1.165) is 49.4 Å². The van der Waals surface area contributed by atoms with Gasteiger partial charge in [-0.25, -0.2) is 13.0 Å². The highest BCUT2D eigenvalue weighted by atomic mass is 32.3. The van der Waals surface area contributed by atoms with Crippen LogP contribution < -0.4 is 14.8 Å². The van der Waals surface area contributed by atoms with Gasteiger partial charge in [0.15, 0.2) is 0 Å². The van der Waals surface area contributed by atoms with Gasteiger partial charge in [0.25, 0.3) is 0 Å². The Hall–Kier alpha value is -3.28. The minimum Gasteiger partial charge on any atom is -0.744 e. The second-order valence-electron chi connectivity index (χ2n) is 8.73. The second kappa shape index (κ2) is 10.5. The monoisotopic (exact) mass is 560 g/mol. The van der Waals surface area contributed by atoms with E-state index in [9.17, 15) is 25.3 Å². The van der Waals surface area contributed by atoms with E-state index in [4.69, 9.17) is 4.42 Å². The highest BCUT2D eigenvalue weighted by Gasteiger charge is 2.25. The summed E-state index contributed by atoms with van der Waals surface area (Å²) in [4.78, 5) is 0.391. The molecule has 0 atom stereocenters. The van der Waals surface area contributed by atoms with E-state index in [1.165, 1.54) is 0 Å². The first-order valence-electron chi connectivity index (χ1n) is 12.3. The van der Waals surface area contributed by atoms with Gasteiger partial charge in [0.2, 0.25) is 5.36 Å². The number of hydrogen-bond donors (Lipinski definition) is 0. The summed E-state index contributed by atoms with van der Waals surface area (Å²) >= 11 is 0. The Kier molecular flexibility index (Phi) is 7.64. The lowest BCUT2D eigenvalue weighted by molar-refractivity contribution is 0.463. The van der Waals surface area contributed by atoms with Gasteiger partial charge in [-0.1, -0.05) is 6.07 Å². The number of nitrogens with zero attached hydrogens (tertiary/aromatic N) is 2. The number of anilines is 1. The van der Waals surface area contributed by atoms with Gasteiger partial charge in [0, 0.05) is 53.0 Å². The number of halogens is 1. The number of rotatable bonds is 8.